The van der Waals surface area contributed by atoms with E-state index in [1.807, 2.05) is 0 Å². The van der Waals surface area contributed by atoms with Crippen LogP contribution in [0.5, 0.6) is 11.5 Å². The smallest absolute Gasteiger partial charge is 0.545 e. The van der Waals surface area contributed by atoms with E-state index in [9.17, 15) is 29.4 Å². The maximum atomic E-state index is 10.6. The summed E-state index contributed by atoms with van der Waals surface area (Å²) in [5, 5.41) is 21.0. The van der Waals surface area contributed by atoms with Crippen molar-refractivity contribution < 1.29 is 38.9 Å². The maximum absolute atomic E-state index is 10.6. The minimum atomic E-state index is -1.36. The van der Waals surface area contributed by atoms with E-state index >= 15 is 0 Å². The summed E-state index contributed by atoms with van der Waals surface area (Å²) < 4.78 is 9.29. The summed E-state index contributed by atoms with van der Waals surface area (Å²) in [4.78, 5) is 42.1. The molecule has 0 saturated carbocycles. The molecule has 0 N–H and O–H groups in total. The fourth-order valence-electron chi connectivity index (χ4n) is 1.76. The van der Waals surface area contributed by atoms with Gasteiger partial charge in [-0.05, 0) is 24.3 Å². The Bertz CT molecular complexity index is 762. The zero-order chi connectivity index (χ0) is 19.7. The topological polar surface area (TPSA) is 133 Å². The van der Waals surface area contributed by atoms with E-state index in [4.69, 9.17) is 0 Å². The summed E-state index contributed by atoms with van der Waals surface area (Å²) in [5.74, 6) is -3.83. The first-order valence-corrected chi connectivity index (χ1v) is 7.20. The number of hydrogen-bond acceptors (Lipinski definition) is 8. The monoisotopic (exact) mass is 385 g/mol. The number of carboxylic acid groups (broad SMARTS) is 2. The van der Waals surface area contributed by atoms with Gasteiger partial charge in [-0.2, -0.15) is 0 Å². The molecule has 136 valence electrons. The van der Waals surface area contributed by atoms with Crippen molar-refractivity contribution >= 4 is 41.2 Å². The van der Waals surface area contributed by atoms with Crippen LogP contribution in [0.15, 0.2) is 48.5 Å². The fraction of sp³-hybridized carbons (Fsp3) is 0.111. The molecule has 8 nitrogen and oxygen atoms in total. The number of esters is 2. The number of carbonyl (C=O) groups excluding carboxylic acids is 4. The van der Waals surface area contributed by atoms with Gasteiger partial charge in [0.2, 0.25) is 0 Å². The molecule has 0 heterocycles. The third kappa shape index (κ3) is 8.18. The second-order valence-corrected chi connectivity index (χ2v) is 4.75. The Morgan fingerprint density at radius 2 is 0.963 bits per heavy atom. The van der Waals surface area contributed by atoms with E-state index in [0.29, 0.717) is 0 Å². The number of hydrogen-bond donors (Lipinski definition) is 0. The Morgan fingerprint density at radius 1 is 0.667 bits per heavy atom. The SMILES string of the molecule is CC(=O)Oc1ccccc1C(=O)[O-].CC(=O)Oc1ccccc1C(=O)[O-].[Al+3]. The van der Waals surface area contributed by atoms with Gasteiger partial charge in [0.25, 0.3) is 0 Å². The molecule has 0 fully saturated rings. The third-order valence-corrected chi connectivity index (χ3v) is 2.72. The number of aromatic carboxylic acids is 2. The molecular formula is C18H14AlO8+. The minimum absolute atomic E-state index is 0. The molecule has 0 saturated heterocycles. The van der Waals surface area contributed by atoms with Crippen molar-refractivity contribution in [2.45, 2.75) is 13.8 Å². The van der Waals surface area contributed by atoms with E-state index in [1.54, 1.807) is 12.1 Å². The zero-order valence-electron chi connectivity index (χ0n) is 14.5. The molecule has 0 aliphatic heterocycles. The van der Waals surface area contributed by atoms with Crippen molar-refractivity contribution in [3.63, 3.8) is 0 Å². The van der Waals surface area contributed by atoms with Gasteiger partial charge >= 0.3 is 29.3 Å². The molecule has 0 spiro atoms. The Labute approximate surface area is 165 Å². The average Bonchev–Trinajstić information content (AvgIpc) is 2.55. The van der Waals surface area contributed by atoms with Gasteiger partial charge in [-0.3, -0.25) is 9.59 Å². The van der Waals surface area contributed by atoms with Crippen molar-refractivity contribution in [1.29, 1.82) is 0 Å². The van der Waals surface area contributed by atoms with Gasteiger partial charge in [0.05, 0.1) is 11.9 Å². The Morgan fingerprint density at radius 3 is 1.22 bits per heavy atom. The maximum Gasteiger partial charge on any atom is 3.00 e. The number of ether oxygens (including phenoxy) is 2. The predicted molar refractivity (Wildman–Crippen MR) is 89.9 cm³/mol. The second-order valence-electron chi connectivity index (χ2n) is 4.75. The first kappa shape index (κ1) is 23.9. The van der Waals surface area contributed by atoms with Gasteiger partial charge in [0.1, 0.15) is 11.5 Å². The van der Waals surface area contributed by atoms with E-state index < -0.39 is 23.9 Å². The van der Waals surface area contributed by atoms with Crippen LogP contribution in [0.25, 0.3) is 0 Å². The third-order valence-electron chi connectivity index (χ3n) is 2.72. The van der Waals surface area contributed by atoms with Gasteiger partial charge < -0.3 is 29.3 Å². The summed E-state index contributed by atoms with van der Waals surface area (Å²) in [6.45, 7) is 2.40. The Hall–Kier alpha value is -3.15. The fourth-order valence-corrected chi connectivity index (χ4v) is 1.76. The van der Waals surface area contributed by atoms with Crippen molar-refractivity contribution in [2.24, 2.45) is 0 Å². The van der Waals surface area contributed by atoms with Crippen LogP contribution in [0.3, 0.4) is 0 Å². The molecule has 0 bridgehead atoms. The second kappa shape index (κ2) is 11.5. The first-order valence-electron chi connectivity index (χ1n) is 7.20. The summed E-state index contributed by atoms with van der Waals surface area (Å²) in [6, 6.07) is 11.6. The van der Waals surface area contributed by atoms with Crippen LogP contribution in [0.1, 0.15) is 34.6 Å². The van der Waals surface area contributed by atoms with Gasteiger partial charge in [-0.25, -0.2) is 0 Å². The number of carboxylic acids is 2. The van der Waals surface area contributed by atoms with E-state index in [-0.39, 0.29) is 40.0 Å². The molecule has 0 atom stereocenters. The van der Waals surface area contributed by atoms with Crippen LogP contribution in [-0.4, -0.2) is 41.2 Å². The molecule has 0 amide bonds. The summed E-state index contributed by atoms with van der Waals surface area (Å²) >= 11 is 0. The molecule has 0 aliphatic carbocycles. The van der Waals surface area contributed by atoms with Crippen LogP contribution in [0.2, 0.25) is 0 Å². The molecule has 2 aromatic carbocycles. The van der Waals surface area contributed by atoms with Gasteiger partial charge in [-0.15, -0.1) is 0 Å². The van der Waals surface area contributed by atoms with E-state index in [1.165, 1.54) is 50.2 Å². The number of para-hydroxylation sites is 2. The van der Waals surface area contributed by atoms with Gasteiger partial charge in [-0.1, -0.05) is 24.3 Å². The summed E-state index contributed by atoms with van der Waals surface area (Å²) in [6.07, 6.45) is 0. The van der Waals surface area contributed by atoms with Crippen LogP contribution in [0, 0.1) is 0 Å². The minimum Gasteiger partial charge on any atom is -0.545 e. The Kier molecular flexibility index (Phi) is 10.1. The summed E-state index contributed by atoms with van der Waals surface area (Å²) in [7, 11) is 0. The number of benzene rings is 2. The van der Waals surface area contributed by atoms with Gasteiger partial charge in [0, 0.05) is 25.0 Å². The molecule has 9 heteroatoms. The predicted octanol–water partition coefficient (Wildman–Crippen LogP) is -0.430. The molecular weight excluding hydrogens is 371 g/mol. The first-order chi connectivity index (χ1) is 12.2. The average molecular weight is 385 g/mol. The van der Waals surface area contributed by atoms with Crippen LogP contribution >= 0.6 is 0 Å². The van der Waals surface area contributed by atoms with Crippen LogP contribution < -0.4 is 19.7 Å². The van der Waals surface area contributed by atoms with Crippen LogP contribution in [-0.2, 0) is 9.59 Å². The zero-order valence-corrected chi connectivity index (χ0v) is 15.6. The van der Waals surface area contributed by atoms with Crippen molar-refractivity contribution in [3.8, 4) is 11.5 Å². The van der Waals surface area contributed by atoms with Crippen LogP contribution in [0.4, 0.5) is 0 Å². The molecule has 0 radical (unpaired) electrons. The van der Waals surface area contributed by atoms with E-state index in [0.717, 1.165) is 0 Å². The quantitative estimate of drug-likeness (QED) is 0.393. The summed E-state index contributed by atoms with van der Waals surface area (Å²) in [5.41, 5.74) is -0.254. The molecule has 0 unspecified atom stereocenters. The van der Waals surface area contributed by atoms with E-state index in [2.05, 4.69) is 9.47 Å². The normalized spacial score (nSPS) is 8.96. The standard InChI is InChI=1S/2C9H8O4.Al/c2*1-6(10)13-8-5-3-2-4-7(8)9(11)12;/h2*2-5H,1H3,(H,11,12);/q;;+3/p-2. The number of rotatable bonds is 4. The number of carbonyl (C=O) groups is 4. The van der Waals surface area contributed by atoms with Crippen molar-refractivity contribution in [3.05, 3.63) is 59.7 Å². The molecule has 0 aliphatic rings. The molecule has 0 aromatic heterocycles. The molecule has 27 heavy (non-hydrogen) atoms. The largest absolute Gasteiger partial charge is 3.00 e. The van der Waals surface area contributed by atoms with Gasteiger partial charge in [0.15, 0.2) is 0 Å². The van der Waals surface area contributed by atoms with Crippen molar-refractivity contribution in [1.82, 2.24) is 0 Å². The Balaban J connectivity index is 0.000000483. The van der Waals surface area contributed by atoms with Crippen molar-refractivity contribution in [2.75, 3.05) is 0 Å². The molecule has 2 aromatic rings. The molecule has 2 rings (SSSR count).